The van der Waals surface area contributed by atoms with Crippen LogP contribution in [0.15, 0.2) is 0 Å². The van der Waals surface area contributed by atoms with Crippen LogP contribution < -0.4 is 5.73 Å². The lowest BCUT2D eigenvalue weighted by Crippen LogP contribution is -2.43. The first-order valence-corrected chi connectivity index (χ1v) is 6.76. The van der Waals surface area contributed by atoms with Gasteiger partial charge in [0.15, 0.2) is 6.10 Å². The highest BCUT2D eigenvalue weighted by atomic mass is 16.6. The minimum absolute atomic E-state index is 0.0182. The molecule has 0 bridgehead atoms. The van der Waals surface area contributed by atoms with E-state index >= 15 is 0 Å². The van der Waals surface area contributed by atoms with E-state index in [9.17, 15) is 4.79 Å². The highest BCUT2D eigenvalue weighted by Gasteiger charge is 2.29. The van der Waals surface area contributed by atoms with E-state index < -0.39 is 6.10 Å². The van der Waals surface area contributed by atoms with Gasteiger partial charge >= 0.3 is 5.97 Å². The van der Waals surface area contributed by atoms with Gasteiger partial charge in [0.25, 0.3) is 0 Å². The van der Waals surface area contributed by atoms with Gasteiger partial charge in [-0.2, -0.15) is 0 Å². The van der Waals surface area contributed by atoms with Crippen LogP contribution in [-0.4, -0.2) is 30.8 Å². The van der Waals surface area contributed by atoms with E-state index in [0.717, 1.165) is 25.7 Å². The lowest BCUT2D eigenvalue weighted by Gasteiger charge is -2.31. The highest BCUT2D eigenvalue weighted by Crippen LogP contribution is 2.22. The largest absolute Gasteiger partial charge is 0.464 e. The number of esters is 1. The van der Waals surface area contributed by atoms with Crippen LogP contribution in [-0.2, 0) is 14.3 Å². The topological polar surface area (TPSA) is 61.5 Å². The number of rotatable bonds is 6. The molecule has 1 rings (SSSR count). The molecule has 17 heavy (non-hydrogen) atoms. The fourth-order valence-electron chi connectivity index (χ4n) is 2.24. The number of nitrogens with two attached hydrogens (primary N) is 1. The Kier molecular flexibility index (Phi) is 6.52. The lowest BCUT2D eigenvalue weighted by molar-refractivity contribution is -0.163. The van der Waals surface area contributed by atoms with Gasteiger partial charge in [0, 0.05) is 6.04 Å². The summed E-state index contributed by atoms with van der Waals surface area (Å²) in [7, 11) is 0. The van der Waals surface area contributed by atoms with Crippen LogP contribution in [0.5, 0.6) is 0 Å². The number of ether oxygens (including phenoxy) is 2. The second-order valence-electron chi connectivity index (χ2n) is 4.65. The maximum Gasteiger partial charge on any atom is 0.335 e. The van der Waals surface area contributed by atoms with Crippen molar-refractivity contribution in [2.24, 2.45) is 5.73 Å². The van der Waals surface area contributed by atoms with Crippen LogP contribution in [0, 0.1) is 0 Å². The number of hydrogen-bond donors (Lipinski definition) is 1. The number of carbonyl (C=O) groups excluding carboxylic acids is 1. The standard InChI is InChI=1S/C13H25NO3/c1-3-7-12(13(15)16-4-2)17-11-9-6-5-8-10(11)14/h10-12H,3-9,14H2,1-2H3. The Labute approximate surface area is 104 Å². The summed E-state index contributed by atoms with van der Waals surface area (Å²) in [5.41, 5.74) is 6.02. The Morgan fingerprint density at radius 3 is 2.65 bits per heavy atom. The van der Waals surface area contributed by atoms with Crippen molar-refractivity contribution < 1.29 is 14.3 Å². The Bertz CT molecular complexity index is 233. The molecule has 3 unspecified atom stereocenters. The van der Waals surface area contributed by atoms with Crippen molar-refractivity contribution in [3.63, 3.8) is 0 Å². The first-order valence-electron chi connectivity index (χ1n) is 6.76. The lowest BCUT2D eigenvalue weighted by atomic mass is 9.93. The fraction of sp³-hybridized carbons (Fsp3) is 0.923. The van der Waals surface area contributed by atoms with E-state index in [1.165, 1.54) is 6.42 Å². The van der Waals surface area contributed by atoms with Gasteiger partial charge < -0.3 is 15.2 Å². The van der Waals surface area contributed by atoms with E-state index in [-0.39, 0.29) is 18.1 Å². The van der Waals surface area contributed by atoms with Crippen LogP contribution in [0.3, 0.4) is 0 Å². The van der Waals surface area contributed by atoms with Gasteiger partial charge in [0.1, 0.15) is 0 Å². The zero-order chi connectivity index (χ0) is 12.7. The van der Waals surface area contributed by atoms with Crippen molar-refractivity contribution >= 4 is 5.97 Å². The fourth-order valence-corrected chi connectivity index (χ4v) is 2.24. The van der Waals surface area contributed by atoms with Crippen LogP contribution >= 0.6 is 0 Å². The zero-order valence-corrected chi connectivity index (χ0v) is 11.0. The molecule has 100 valence electrons. The Morgan fingerprint density at radius 2 is 2.06 bits per heavy atom. The van der Waals surface area contributed by atoms with E-state index in [1.54, 1.807) is 0 Å². The minimum atomic E-state index is -0.436. The van der Waals surface area contributed by atoms with Gasteiger partial charge in [-0.05, 0) is 26.2 Å². The van der Waals surface area contributed by atoms with Gasteiger partial charge in [-0.3, -0.25) is 0 Å². The van der Waals surface area contributed by atoms with Crippen LogP contribution in [0.25, 0.3) is 0 Å². The third-order valence-corrected chi connectivity index (χ3v) is 3.19. The van der Waals surface area contributed by atoms with Crippen LogP contribution in [0.2, 0.25) is 0 Å². The molecule has 2 N–H and O–H groups in total. The molecule has 0 aromatic carbocycles. The van der Waals surface area contributed by atoms with Gasteiger partial charge in [0.05, 0.1) is 12.7 Å². The molecule has 1 aliphatic rings. The van der Waals surface area contributed by atoms with Crippen molar-refractivity contribution in [1.29, 1.82) is 0 Å². The molecule has 0 heterocycles. The first-order chi connectivity index (χ1) is 8.19. The Morgan fingerprint density at radius 1 is 1.35 bits per heavy atom. The van der Waals surface area contributed by atoms with Gasteiger partial charge in [-0.25, -0.2) is 4.79 Å². The maximum absolute atomic E-state index is 11.7. The van der Waals surface area contributed by atoms with Crippen LogP contribution in [0.1, 0.15) is 52.4 Å². The van der Waals surface area contributed by atoms with Crippen molar-refractivity contribution in [1.82, 2.24) is 0 Å². The van der Waals surface area contributed by atoms with Gasteiger partial charge in [-0.1, -0.05) is 26.2 Å². The van der Waals surface area contributed by atoms with E-state index in [1.807, 2.05) is 13.8 Å². The second-order valence-corrected chi connectivity index (χ2v) is 4.65. The van der Waals surface area contributed by atoms with Crippen LogP contribution in [0.4, 0.5) is 0 Å². The molecule has 0 radical (unpaired) electrons. The summed E-state index contributed by atoms with van der Waals surface area (Å²) in [6.07, 6.45) is 5.46. The smallest absolute Gasteiger partial charge is 0.335 e. The molecule has 0 aromatic heterocycles. The molecule has 0 spiro atoms. The Hall–Kier alpha value is -0.610. The quantitative estimate of drug-likeness (QED) is 0.725. The molecule has 0 amide bonds. The van der Waals surface area contributed by atoms with Gasteiger partial charge in [-0.15, -0.1) is 0 Å². The third kappa shape index (κ3) is 4.64. The molecule has 4 heteroatoms. The third-order valence-electron chi connectivity index (χ3n) is 3.19. The molecule has 1 saturated carbocycles. The molecule has 0 saturated heterocycles. The summed E-state index contributed by atoms with van der Waals surface area (Å²) < 4.78 is 10.9. The summed E-state index contributed by atoms with van der Waals surface area (Å²) in [6, 6.07) is 0.0672. The minimum Gasteiger partial charge on any atom is -0.464 e. The predicted molar refractivity (Wildman–Crippen MR) is 66.6 cm³/mol. The Balaban J connectivity index is 2.49. The molecule has 0 aliphatic heterocycles. The van der Waals surface area contributed by atoms with Gasteiger partial charge in [0.2, 0.25) is 0 Å². The molecule has 1 fully saturated rings. The number of hydrogen-bond acceptors (Lipinski definition) is 4. The second kappa shape index (κ2) is 7.67. The predicted octanol–water partition coefficient (Wildman–Crippen LogP) is 2.00. The van der Waals surface area contributed by atoms with E-state index in [0.29, 0.717) is 13.0 Å². The molecular weight excluding hydrogens is 218 g/mol. The average Bonchev–Trinajstić information content (AvgIpc) is 2.31. The maximum atomic E-state index is 11.7. The highest BCUT2D eigenvalue weighted by molar-refractivity contribution is 5.74. The summed E-state index contributed by atoms with van der Waals surface area (Å²) in [4.78, 5) is 11.7. The van der Waals surface area contributed by atoms with Crippen molar-refractivity contribution in [3.05, 3.63) is 0 Å². The zero-order valence-electron chi connectivity index (χ0n) is 11.0. The molecular formula is C13H25NO3. The van der Waals surface area contributed by atoms with Crippen molar-refractivity contribution in [2.75, 3.05) is 6.61 Å². The monoisotopic (exact) mass is 243 g/mol. The summed E-state index contributed by atoms with van der Waals surface area (Å²) in [5.74, 6) is -0.243. The SMILES string of the molecule is CCCC(OC1CCCCC1N)C(=O)OCC. The summed E-state index contributed by atoms with van der Waals surface area (Å²) >= 11 is 0. The molecule has 4 nitrogen and oxygen atoms in total. The van der Waals surface area contributed by atoms with Crippen molar-refractivity contribution in [3.8, 4) is 0 Å². The van der Waals surface area contributed by atoms with E-state index in [4.69, 9.17) is 15.2 Å². The molecule has 0 aromatic rings. The molecule has 3 atom stereocenters. The van der Waals surface area contributed by atoms with E-state index in [2.05, 4.69) is 0 Å². The normalized spacial score (nSPS) is 26.5. The number of carbonyl (C=O) groups is 1. The summed E-state index contributed by atoms with van der Waals surface area (Å²) in [5, 5.41) is 0. The average molecular weight is 243 g/mol. The molecule has 1 aliphatic carbocycles. The summed E-state index contributed by atoms with van der Waals surface area (Å²) in [6.45, 7) is 4.25. The first kappa shape index (κ1) is 14.5. The van der Waals surface area contributed by atoms with Crippen molar-refractivity contribution in [2.45, 2.75) is 70.6 Å².